The first-order chi connectivity index (χ1) is 12.7. The van der Waals surface area contributed by atoms with E-state index in [4.69, 9.17) is 9.47 Å². The average molecular weight is 419 g/mol. The van der Waals surface area contributed by atoms with Crippen molar-refractivity contribution in [1.29, 1.82) is 0 Å². The highest BCUT2D eigenvalue weighted by Gasteiger charge is 2.10. The summed E-state index contributed by atoms with van der Waals surface area (Å²) in [5.41, 5.74) is 3.66. The Hall–Kier alpha value is -1.40. The summed E-state index contributed by atoms with van der Waals surface area (Å²) in [6.45, 7) is 9.29. The van der Waals surface area contributed by atoms with Crippen molar-refractivity contribution in [2.75, 3.05) is 39.4 Å². The van der Waals surface area contributed by atoms with E-state index in [9.17, 15) is 0 Å². The fraction of sp³-hybridized carbons (Fsp3) is 0.429. The number of nitrogens with one attached hydrogen (secondary N) is 1. The second-order valence-electron chi connectivity index (χ2n) is 6.60. The minimum absolute atomic E-state index is 0.592. The molecule has 0 unspecified atom stereocenters. The fourth-order valence-electron chi connectivity index (χ4n) is 3.04. The number of aryl methyl sites for hydroxylation is 1. The molecule has 0 aromatic heterocycles. The van der Waals surface area contributed by atoms with Gasteiger partial charge in [0, 0.05) is 42.8 Å². The molecule has 0 bridgehead atoms. The topological polar surface area (TPSA) is 33.7 Å². The molecular formula is C21H27BrN2O2. The van der Waals surface area contributed by atoms with Gasteiger partial charge in [-0.15, -0.1) is 0 Å². The number of hydrogen-bond acceptors (Lipinski definition) is 4. The molecule has 1 aliphatic rings. The fourth-order valence-corrected chi connectivity index (χ4v) is 3.45. The molecule has 0 radical (unpaired) electrons. The smallest absolute Gasteiger partial charge is 0.124 e. The van der Waals surface area contributed by atoms with Gasteiger partial charge in [-0.3, -0.25) is 4.90 Å². The number of hydrogen-bond donors (Lipinski definition) is 1. The predicted octanol–water partition coefficient (Wildman–Crippen LogP) is 3.76. The summed E-state index contributed by atoms with van der Waals surface area (Å²) in [5, 5.41) is 3.54. The number of halogens is 1. The van der Waals surface area contributed by atoms with E-state index in [0.29, 0.717) is 6.61 Å². The highest BCUT2D eigenvalue weighted by Crippen LogP contribution is 2.24. The van der Waals surface area contributed by atoms with E-state index >= 15 is 0 Å². The molecule has 140 valence electrons. The number of rotatable bonds is 8. The predicted molar refractivity (Wildman–Crippen MR) is 109 cm³/mol. The average Bonchev–Trinajstić information content (AvgIpc) is 2.66. The van der Waals surface area contributed by atoms with Gasteiger partial charge in [-0.05, 0) is 36.2 Å². The zero-order valence-electron chi connectivity index (χ0n) is 15.3. The van der Waals surface area contributed by atoms with Gasteiger partial charge in [0.05, 0.1) is 13.2 Å². The highest BCUT2D eigenvalue weighted by atomic mass is 79.9. The first-order valence-electron chi connectivity index (χ1n) is 9.19. The van der Waals surface area contributed by atoms with Crippen molar-refractivity contribution in [3.63, 3.8) is 0 Å². The molecule has 1 aliphatic heterocycles. The Morgan fingerprint density at radius 2 is 1.92 bits per heavy atom. The van der Waals surface area contributed by atoms with Crippen molar-refractivity contribution in [2.45, 2.75) is 20.1 Å². The number of morpholine rings is 1. The van der Waals surface area contributed by atoms with Gasteiger partial charge in [0.15, 0.2) is 0 Å². The molecule has 0 atom stereocenters. The summed E-state index contributed by atoms with van der Waals surface area (Å²) in [6, 6.07) is 14.6. The molecule has 1 fully saturated rings. The van der Waals surface area contributed by atoms with E-state index in [1.165, 1.54) is 16.7 Å². The lowest BCUT2D eigenvalue weighted by Gasteiger charge is -2.26. The second kappa shape index (κ2) is 10.1. The maximum atomic E-state index is 6.12. The van der Waals surface area contributed by atoms with Gasteiger partial charge in [0.25, 0.3) is 0 Å². The molecule has 0 amide bonds. The van der Waals surface area contributed by atoms with Gasteiger partial charge in [-0.2, -0.15) is 0 Å². The van der Waals surface area contributed by atoms with Gasteiger partial charge >= 0.3 is 0 Å². The Labute approximate surface area is 164 Å². The summed E-state index contributed by atoms with van der Waals surface area (Å²) in [5.74, 6) is 0.940. The maximum absolute atomic E-state index is 6.12. The lowest BCUT2D eigenvalue weighted by Crippen LogP contribution is -2.40. The van der Waals surface area contributed by atoms with Crippen LogP contribution in [0.3, 0.4) is 0 Å². The van der Waals surface area contributed by atoms with Crippen LogP contribution in [0.2, 0.25) is 0 Å². The molecule has 0 spiro atoms. The molecule has 2 aromatic rings. The first kappa shape index (κ1) is 19.4. The van der Waals surface area contributed by atoms with Crippen LogP contribution in [-0.2, 0) is 17.9 Å². The van der Waals surface area contributed by atoms with Crippen LogP contribution < -0.4 is 10.1 Å². The molecule has 1 heterocycles. The van der Waals surface area contributed by atoms with E-state index in [-0.39, 0.29) is 0 Å². The second-order valence-corrected chi connectivity index (χ2v) is 7.51. The summed E-state index contributed by atoms with van der Waals surface area (Å²) in [4.78, 5) is 2.44. The van der Waals surface area contributed by atoms with Gasteiger partial charge in [0.1, 0.15) is 12.4 Å². The molecule has 2 aromatic carbocycles. The third kappa shape index (κ3) is 5.81. The summed E-state index contributed by atoms with van der Waals surface area (Å²) in [7, 11) is 0. The minimum Gasteiger partial charge on any atom is -0.489 e. The van der Waals surface area contributed by atoms with E-state index in [1.807, 2.05) is 12.1 Å². The lowest BCUT2D eigenvalue weighted by molar-refractivity contribution is 0.0384. The van der Waals surface area contributed by atoms with Gasteiger partial charge < -0.3 is 14.8 Å². The van der Waals surface area contributed by atoms with Crippen LogP contribution in [0.4, 0.5) is 0 Å². The summed E-state index contributed by atoms with van der Waals surface area (Å²) >= 11 is 3.57. The number of ether oxygens (including phenoxy) is 2. The number of nitrogens with zero attached hydrogens (tertiary/aromatic N) is 1. The molecule has 0 aliphatic carbocycles. The molecule has 5 heteroatoms. The van der Waals surface area contributed by atoms with Crippen LogP contribution in [0.25, 0.3) is 0 Å². The Balaban J connectivity index is 1.52. The Morgan fingerprint density at radius 3 is 2.73 bits per heavy atom. The molecule has 0 saturated carbocycles. The van der Waals surface area contributed by atoms with E-state index in [2.05, 4.69) is 63.4 Å². The highest BCUT2D eigenvalue weighted by molar-refractivity contribution is 9.10. The standard InChI is InChI=1S/C21H27BrN2O2/c1-17-4-2-3-5-18(17)16-26-21-7-6-20(22)14-19(21)15-23-8-9-24-10-12-25-13-11-24/h2-7,14,23H,8-13,15-16H2,1H3. The van der Waals surface area contributed by atoms with Crippen LogP contribution in [0.15, 0.2) is 46.9 Å². The molecule has 1 saturated heterocycles. The SMILES string of the molecule is Cc1ccccc1COc1ccc(Br)cc1CNCCN1CCOCC1. The van der Waals surface area contributed by atoms with Crippen LogP contribution in [0.1, 0.15) is 16.7 Å². The van der Waals surface area contributed by atoms with E-state index in [1.54, 1.807) is 0 Å². The van der Waals surface area contributed by atoms with Crippen LogP contribution in [0, 0.1) is 6.92 Å². The molecular weight excluding hydrogens is 392 g/mol. The lowest BCUT2D eigenvalue weighted by atomic mass is 10.1. The van der Waals surface area contributed by atoms with E-state index in [0.717, 1.165) is 56.2 Å². The summed E-state index contributed by atoms with van der Waals surface area (Å²) in [6.07, 6.45) is 0. The number of benzene rings is 2. The van der Waals surface area contributed by atoms with E-state index < -0.39 is 0 Å². The third-order valence-electron chi connectivity index (χ3n) is 4.69. The monoisotopic (exact) mass is 418 g/mol. The quantitative estimate of drug-likeness (QED) is 0.661. The zero-order valence-corrected chi connectivity index (χ0v) is 16.9. The zero-order chi connectivity index (χ0) is 18.2. The Morgan fingerprint density at radius 1 is 1.12 bits per heavy atom. The van der Waals surface area contributed by atoms with Crippen molar-refractivity contribution in [3.05, 3.63) is 63.6 Å². The molecule has 26 heavy (non-hydrogen) atoms. The van der Waals surface area contributed by atoms with Crippen molar-refractivity contribution in [2.24, 2.45) is 0 Å². The van der Waals surface area contributed by atoms with Crippen molar-refractivity contribution >= 4 is 15.9 Å². The van der Waals surface area contributed by atoms with Crippen LogP contribution >= 0.6 is 15.9 Å². The van der Waals surface area contributed by atoms with Crippen molar-refractivity contribution < 1.29 is 9.47 Å². The third-order valence-corrected chi connectivity index (χ3v) is 5.18. The van der Waals surface area contributed by atoms with Crippen LogP contribution in [-0.4, -0.2) is 44.3 Å². The van der Waals surface area contributed by atoms with Gasteiger partial charge in [-0.25, -0.2) is 0 Å². The molecule has 3 rings (SSSR count). The normalized spacial score (nSPS) is 15.2. The molecule has 1 N–H and O–H groups in total. The minimum atomic E-state index is 0.592. The van der Waals surface area contributed by atoms with Crippen molar-refractivity contribution in [3.8, 4) is 5.75 Å². The summed E-state index contributed by atoms with van der Waals surface area (Å²) < 4.78 is 12.6. The maximum Gasteiger partial charge on any atom is 0.124 e. The van der Waals surface area contributed by atoms with Crippen LogP contribution in [0.5, 0.6) is 5.75 Å². The molecule has 4 nitrogen and oxygen atoms in total. The van der Waals surface area contributed by atoms with Crippen molar-refractivity contribution in [1.82, 2.24) is 10.2 Å². The van der Waals surface area contributed by atoms with Gasteiger partial charge in [0.2, 0.25) is 0 Å². The largest absolute Gasteiger partial charge is 0.489 e. The Bertz CT molecular complexity index is 702. The van der Waals surface area contributed by atoms with Gasteiger partial charge in [-0.1, -0.05) is 40.2 Å². The Kier molecular flexibility index (Phi) is 7.50. The first-order valence-corrected chi connectivity index (χ1v) is 9.98.